The minimum absolute atomic E-state index is 0.349. The van der Waals surface area contributed by atoms with Crippen LogP contribution in [0.1, 0.15) is 17.0 Å². The van der Waals surface area contributed by atoms with Gasteiger partial charge in [-0.25, -0.2) is 4.98 Å². The molecule has 0 spiro atoms. The van der Waals surface area contributed by atoms with Crippen molar-refractivity contribution < 1.29 is 0 Å². The van der Waals surface area contributed by atoms with Gasteiger partial charge in [0.2, 0.25) is 0 Å². The molecular formula is C13H17BN2. The molecule has 16 heavy (non-hydrogen) atoms. The molecule has 0 saturated heterocycles. The molecule has 0 aliphatic rings. The lowest BCUT2D eigenvalue weighted by atomic mass is 9.56. The third-order valence-electron chi connectivity index (χ3n) is 3.34. The second-order valence-corrected chi connectivity index (χ2v) is 4.36. The van der Waals surface area contributed by atoms with Gasteiger partial charge >= 0.3 is 0 Å². The zero-order chi connectivity index (χ0) is 11.7. The summed E-state index contributed by atoms with van der Waals surface area (Å²) in [5.41, 5.74) is 5.06. The largest absolute Gasteiger partial charge is 0.375 e. The van der Waals surface area contributed by atoms with Crippen LogP contribution in [0.2, 0.25) is 6.82 Å². The van der Waals surface area contributed by atoms with E-state index < -0.39 is 0 Å². The van der Waals surface area contributed by atoms with Gasteiger partial charge in [-0.05, 0) is 20.8 Å². The maximum Gasteiger partial charge on any atom is 0.291 e. The monoisotopic (exact) mass is 212 g/mol. The van der Waals surface area contributed by atoms with Crippen molar-refractivity contribution in [2.24, 2.45) is 0 Å². The van der Waals surface area contributed by atoms with Gasteiger partial charge in [-0.2, -0.15) is 0 Å². The lowest BCUT2D eigenvalue weighted by Gasteiger charge is -2.14. The number of hydrogen-bond acceptors (Lipinski definition) is 1. The Morgan fingerprint density at radius 2 is 1.81 bits per heavy atom. The topological polar surface area (TPSA) is 17.8 Å². The molecule has 2 nitrogen and oxygen atoms in total. The number of imidazole rings is 1. The van der Waals surface area contributed by atoms with Crippen LogP contribution in [0, 0.1) is 20.8 Å². The summed E-state index contributed by atoms with van der Waals surface area (Å²) >= 11 is 0. The number of aryl methyl sites for hydroxylation is 2. The van der Waals surface area contributed by atoms with E-state index in [1.807, 2.05) is 6.33 Å². The second-order valence-electron chi connectivity index (χ2n) is 4.36. The Balaban J connectivity index is 2.43. The number of benzene rings is 1. The molecule has 0 atom stereocenters. The summed E-state index contributed by atoms with van der Waals surface area (Å²) in [7, 11) is 0. The van der Waals surface area contributed by atoms with Crippen molar-refractivity contribution in [3.8, 4) is 0 Å². The summed E-state index contributed by atoms with van der Waals surface area (Å²) in [5.74, 6) is 0. The van der Waals surface area contributed by atoms with Gasteiger partial charge in [-0.1, -0.05) is 42.1 Å². The van der Waals surface area contributed by atoms with Crippen molar-refractivity contribution >= 4 is 12.3 Å². The molecule has 2 rings (SSSR count). The molecule has 1 heterocycles. The first-order chi connectivity index (χ1) is 7.61. The van der Waals surface area contributed by atoms with E-state index >= 15 is 0 Å². The van der Waals surface area contributed by atoms with Gasteiger partial charge < -0.3 is 4.48 Å². The number of nitrogens with zero attached hydrogens (tertiary/aromatic N) is 2. The number of aromatic nitrogens is 2. The van der Waals surface area contributed by atoms with Gasteiger partial charge in [0.05, 0.1) is 12.0 Å². The highest BCUT2D eigenvalue weighted by Gasteiger charge is 2.17. The smallest absolute Gasteiger partial charge is 0.291 e. The summed E-state index contributed by atoms with van der Waals surface area (Å²) in [6, 6.07) is 8.52. The molecule has 0 N–H and O–H groups in total. The molecule has 82 valence electrons. The molecule has 0 saturated carbocycles. The van der Waals surface area contributed by atoms with Crippen LogP contribution in [-0.4, -0.2) is 16.3 Å². The van der Waals surface area contributed by atoms with Crippen molar-refractivity contribution in [2.75, 3.05) is 0 Å². The summed E-state index contributed by atoms with van der Waals surface area (Å²) in [6.45, 7) is 8.90. The van der Waals surface area contributed by atoms with Gasteiger partial charge in [0.15, 0.2) is 0 Å². The van der Waals surface area contributed by atoms with E-state index in [0.717, 1.165) is 5.69 Å². The molecular weight excluding hydrogens is 195 g/mol. The molecule has 0 bridgehead atoms. The van der Waals surface area contributed by atoms with Crippen molar-refractivity contribution in [1.29, 1.82) is 0 Å². The Bertz CT molecular complexity index is 502. The minimum Gasteiger partial charge on any atom is -0.375 e. The Kier molecular flexibility index (Phi) is 2.86. The van der Waals surface area contributed by atoms with Crippen molar-refractivity contribution in [1.82, 2.24) is 9.46 Å². The van der Waals surface area contributed by atoms with E-state index in [0.29, 0.717) is 6.85 Å². The van der Waals surface area contributed by atoms with Crippen molar-refractivity contribution in [2.45, 2.75) is 27.6 Å². The molecule has 1 aromatic carbocycles. The Morgan fingerprint density at radius 1 is 1.12 bits per heavy atom. The van der Waals surface area contributed by atoms with E-state index in [-0.39, 0.29) is 0 Å². The predicted octanol–water partition coefficient (Wildman–Crippen LogP) is 2.18. The molecule has 0 aliphatic carbocycles. The maximum atomic E-state index is 4.36. The highest BCUT2D eigenvalue weighted by Crippen LogP contribution is 2.07. The average molecular weight is 212 g/mol. The fourth-order valence-corrected chi connectivity index (χ4v) is 2.11. The lowest BCUT2D eigenvalue weighted by molar-refractivity contribution is 1.10. The predicted molar refractivity (Wildman–Crippen MR) is 69.5 cm³/mol. The van der Waals surface area contributed by atoms with Gasteiger partial charge in [-0.3, -0.25) is 0 Å². The fourth-order valence-electron chi connectivity index (χ4n) is 2.11. The lowest BCUT2D eigenvalue weighted by Crippen LogP contribution is -2.36. The van der Waals surface area contributed by atoms with E-state index in [9.17, 15) is 0 Å². The quantitative estimate of drug-likeness (QED) is 0.697. The molecule has 0 amide bonds. The first kappa shape index (κ1) is 11.0. The van der Waals surface area contributed by atoms with Crippen LogP contribution in [0.5, 0.6) is 0 Å². The van der Waals surface area contributed by atoms with Crippen LogP contribution in [0.15, 0.2) is 30.6 Å². The van der Waals surface area contributed by atoms with Crippen LogP contribution < -0.4 is 5.46 Å². The van der Waals surface area contributed by atoms with Crippen LogP contribution in [0.4, 0.5) is 0 Å². The molecule has 0 fully saturated rings. The van der Waals surface area contributed by atoms with E-state index in [1.165, 1.54) is 16.7 Å². The summed E-state index contributed by atoms with van der Waals surface area (Å²) in [5, 5.41) is 0. The highest BCUT2D eigenvalue weighted by atomic mass is 15.0. The van der Waals surface area contributed by atoms with E-state index in [4.69, 9.17) is 0 Å². The maximum absolute atomic E-state index is 4.36. The van der Waals surface area contributed by atoms with Gasteiger partial charge in [0, 0.05) is 5.69 Å². The minimum atomic E-state index is 0.349. The molecule has 3 heteroatoms. The number of hydrogen-bond donors (Lipinski definition) is 0. The third kappa shape index (κ3) is 1.78. The number of rotatable bonds is 2. The van der Waals surface area contributed by atoms with Gasteiger partial charge in [0.1, 0.15) is 0 Å². The van der Waals surface area contributed by atoms with Gasteiger partial charge in [0.25, 0.3) is 6.85 Å². The molecule has 0 radical (unpaired) electrons. The van der Waals surface area contributed by atoms with Crippen LogP contribution in [0.25, 0.3) is 0 Å². The zero-order valence-corrected chi connectivity index (χ0v) is 10.4. The molecule has 2 aromatic rings. The van der Waals surface area contributed by atoms with E-state index in [2.05, 4.69) is 61.3 Å². The first-order valence-corrected chi connectivity index (χ1v) is 5.67. The SMILES string of the molecule is CB(c1ccccc1C)n1cnc(C)c1C. The van der Waals surface area contributed by atoms with E-state index in [1.54, 1.807) is 0 Å². The molecule has 1 aromatic heterocycles. The fraction of sp³-hybridized carbons (Fsp3) is 0.308. The van der Waals surface area contributed by atoms with Crippen LogP contribution in [-0.2, 0) is 0 Å². The third-order valence-corrected chi connectivity index (χ3v) is 3.34. The Labute approximate surface area is 97.4 Å². The summed E-state index contributed by atoms with van der Waals surface area (Å²) in [4.78, 5) is 4.36. The second kappa shape index (κ2) is 4.16. The zero-order valence-electron chi connectivity index (χ0n) is 10.4. The highest BCUT2D eigenvalue weighted by molar-refractivity contribution is 6.71. The van der Waals surface area contributed by atoms with Gasteiger partial charge in [-0.15, -0.1) is 0 Å². The Morgan fingerprint density at radius 3 is 2.38 bits per heavy atom. The van der Waals surface area contributed by atoms with Crippen LogP contribution in [0.3, 0.4) is 0 Å². The van der Waals surface area contributed by atoms with Crippen molar-refractivity contribution in [3.05, 3.63) is 47.5 Å². The van der Waals surface area contributed by atoms with Crippen molar-refractivity contribution in [3.63, 3.8) is 0 Å². The average Bonchev–Trinajstić information content (AvgIpc) is 2.60. The first-order valence-electron chi connectivity index (χ1n) is 5.67. The van der Waals surface area contributed by atoms with Crippen LogP contribution >= 0.6 is 0 Å². The Hall–Kier alpha value is -1.51. The molecule has 0 unspecified atom stereocenters. The normalized spacial score (nSPS) is 10.5. The standard InChI is InChI=1S/C13H17BN2/c1-10-7-5-6-8-13(10)14(4)16-9-15-11(2)12(16)3/h5-9H,1-4H3. The summed E-state index contributed by atoms with van der Waals surface area (Å²) in [6.07, 6.45) is 1.93. The molecule has 0 aliphatic heterocycles. The summed E-state index contributed by atoms with van der Waals surface area (Å²) < 4.78 is 2.23.